The fourth-order valence-electron chi connectivity index (χ4n) is 3.00. The van der Waals surface area contributed by atoms with Crippen molar-refractivity contribution in [3.8, 4) is 17.1 Å². The van der Waals surface area contributed by atoms with Crippen molar-refractivity contribution < 1.29 is 0 Å². The van der Waals surface area contributed by atoms with Gasteiger partial charge in [0.25, 0.3) is 5.56 Å². The third-order valence-corrected chi connectivity index (χ3v) is 4.55. The molecule has 0 aliphatic heterocycles. The van der Waals surface area contributed by atoms with Crippen LogP contribution in [0, 0.1) is 0 Å². The summed E-state index contributed by atoms with van der Waals surface area (Å²) < 4.78 is 1.88. The standard InChI is InChI=1S/C22H22N6O/c1-2-17-14-21(29)26-22(25-17)16-8-9-20(24-15-16)23-12-10-18-11-13-28(27-18)19-6-4-3-5-7-19/h3-9,11,13-15H,2,10,12H2,1H3,(H,23,24)(H,25,26,29). The van der Waals surface area contributed by atoms with Gasteiger partial charge in [-0.05, 0) is 36.8 Å². The molecule has 0 saturated heterocycles. The number of aromatic amines is 1. The third-order valence-electron chi connectivity index (χ3n) is 4.55. The molecule has 3 heterocycles. The highest BCUT2D eigenvalue weighted by atomic mass is 16.1. The lowest BCUT2D eigenvalue weighted by Crippen LogP contribution is -2.10. The number of hydrogen-bond donors (Lipinski definition) is 2. The molecular formula is C22H22N6O. The second kappa shape index (κ2) is 8.52. The maximum atomic E-state index is 11.7. The molecule has 0 fully saturated rings. The highest BCUT2D eigenvalue weighted by molar-refractivity contribution is 5.55. The van der Waals surface area contributed by atoms with E-state index >= 15 is 0 Å². The molecule has 0 aliphatic rings. The van der Waals surface area contributed by atoms with Crippen molar-refractivity contribution in [1.82, 2.24) is 24.7 Å². The number of H-pyrrole nitrogens is 1. The number of rotatable bonds is 7. The van der Waals surface area contributed by atoms with E-state index in [9.17, 15) is 4.79 Å². The molecule has 4 rings (SSSR count). The van der Waals surface area contributed by atoms with E-state index < -0.39 is 0 Å². The van der Waals surface area contributed by atoms with Crippen LogP contribution in [0.5, 0.6) is 0 Å². The van der Waals surface area contributed by atoms with Gasteiger partial charge in [0.2, 0.25) is 0 Å². The Balaban J connectivity index is 1.36. The molecule has 146 valence electrons. The average Bonchev–Trinajstić information content (AvgIpc) is 3.23. The maximum Gasteiger partial charge on any atom is 0.251 e. The summed E-state index contributed by atoms with van der Waals surface area (Å²) in [6, 6.07) is 17.4. The van der Waals surface area contributed by atoms with Gasteiger partial charge in [0.15, 0.2) is 0 Å². The van der Waals surface area contributed by atoms with Crippen LogP contribution in [0.15, 0.2) is 71.8 Å². The first-order chi connectivity index (χ1) is 14.2. The number of para-hydroxylation sites is 1. The van der Waals surface area contributed by atoms with E-state index in [1.54, 1.807) is 6.20 Å². The van der Waals surface area contributed by atoms with Gasteiger partial charge in [-0.25, -0.2) is 14.6 Å². The summed E-state index contributed by atoms with van der Waals surface area (Å²) in [7, 11) is 0. The number of aryl methyl sites for hydroxylation is 1. The molecule has 0 radical (unpaired) electrons. The molecule has 0 spiro atoms. The number of nitrogens with one attached hydrogen (secondary N) is 2. The van der Waals surface area contributed by atoms with Crippen LogP contribution >= 0.6 is 0 Å². The van der Waals surface area contributed by atoms with Crippen LogP contribution in [0.1, 0.15) is 18.3 Å². The van der Waals surface area contributed by atoms with Crippen molar-refractivity contribution in [3.63, 3.8) is 0 Å². The van der Waals surface area contributed by atoms with Crippen molar-refractivity contribution in [2.45, 2.75) is 19.8 Å². The molecule has 0 unspecified atom stereocenters. The molecule has 3 aromatic heterocycles. The molecule has 7 nitrogen and oxygen atoms in total. The minimum absolute atomic E-state index is 0.149. The molecule has 2 N–H and O–H groups in total. The van der Waals surface area contributed by atoms with Crippen LogP contribution in [0.25, 0.3) is 17.1 Å². The first-order valence-corrected chi connectivity index (χ1v) is 9.62. The number of pyridine rings is 1. The SMILES string of the molecule is CCc1cc(=O)[nH]c(-c2ccc(NCCc3ccn(-c4ccccc4)n3)nc2)n1. The van der Waals surface area contributed by atoms with E-state index in [2.05, 4.69) is 25.4 Å². The summed E-state index contributed by atoms with van der Waals surface area (Å²) in [6.07, 6.45) is 5.18. The van der Waals surface area contributed by atoms with E-state index in [1.165, 1.54) is 6.07 Å². The predicted octanol–water partition coefficient (Wildman–Crippen LogP) is 3.23. The summed E-state index contributed by atoms with van der Waals surface area (Å²) in [6.45, 7) is 2.69. The van der Waals surface area contributed by atoms with Gasteiger partial charge in [0, 0.05) is 42.7 Å². The minimum Gasteiger partial charge on any atom is -0.370 e. The highest BCUT2D eigenvalue weighted by Gasteiger charge is 2.05. The second-order valence-corrected chi connectivity index (χ2v) is 6.63. The van der Waals surface area contributed by atoms with Crippen LogP contribution in [-0.4, -0.2) is 31.3 Å². The van der Waals surface area contributed by atoms with Gasteiger partial charge in [-0.3, -0.25) is 4.79 Å². The second-order valence-electron chi connectivity index (χ2n) is 6.63. The normalized spacial score (nSPS) is 10.8. The molecule has 4 aromatic rings. The number of aromatic nitrogens is 5. The Labute approximate surface area is 168 Å². The van der Waals surface area contributed by atoms with E-state index in [0.717, 1.165) is 41.4 Å². The van der Waals surface area contributed by atoms with Crippen LogP contribution in [0.4, 0.5) is 5.82 Å². The lowest BCUT2D eigenvalue weighted by Gasteiger charge is -2.06. The quantitative estimate of drug-likeness (QED) is 0.509. The van der Waals surface area contributed by atoms with Crippen LogP contribution in [0.2, 0.25) is 0 Å². The molecular weight excluding hydrogens is 364 g/mol. The Morgan fingerprint density at radius 2 is 1.93 bits per heavy atom. The summed E-state index contributed by atoms with van der Waals surface area (Å²) in [4.78, 5) is 23.4. The monoisotopic (exact) mass is 386 g/mol. The van der Waals surface area contributed by atoms with Gasteiger partial charge in [-0.1, -0.05) is 25.1 Å². The maximum absolute atomic E-state index is 11.7. The first-order valence-electron chi connectivity index (χ1n) is 9.62. The number of anilines is 1. The number of nitrogens with zero attached hydrogens (tertiary/aromatic N) is 4. The first kappa shape index (κ1) is 18.6. The molecule has 29 heavy (non-hydrogen) atoms. The van der Waals surface area contributed by atoms with Crippen molar-refractivity contribution in [3.05, 3.63) is 88.7 Å². The van der Waals surface area contributed by atoms with Gasteiger partial charge >= 0.3 is 0 Å². The smallest absolute Gasteiger partial charge is 0.251 e. The summed E-state index contributed by atoms with van der Waals surface area (Å²) in [5.41, 5.74) is 3.45. The van der Waals surface area contributed by atoms with Gasteiger partial charge < -0.3 is 10.3 Å². The van der Waals surface area contributed by atoms with E-state index in [-0.39, 0.29) is 5.56 Å². The predicted molar refractivity (Wildman–Crippen MR) is 113 cm³/mol. The largest absolute Gasteiger partial charge is 0.370 e. The highest BCUT2D eigenvalue weighted by Crippen LogP contribution is 2.15. The Kier molecular flexibility index (Phi) is 5.47. The Bertz CT molecular complexity index is 1130. The third kappa shape index (κ3) is 4.57. The van der Waals surface area contributed by atoms with Crippen molar-refractivity contribution >= 4 is 5.82 Å². The Morgan fingerprint density at radius 1 is 1.07 bits per heavy atom. The molecule has 0 atom stereocenters. The van der Waals surface area contributed by atoms with Crippen LogP contribution in [-0.2, 0) is 12.8 Å². The molecule has 0 aliphatic carbocycles. The van der Waals surface area contributed by atoms with Crippen molar-refractivity contribution in [2.75, 3.05) is 11.9 Å². The summed E-state index contributed by atoms with van der Waals surface area (Å²) in [5, 5.41) is 7.91. The van der Waals surface area contributed by atoms with Gasteiger partial charge in [0.05, 0.1) is 11.4 Å². The average molecular weight is 386 g/mol. The van der Waals surface area contributed by atoms with Gasteiger partial charge in [0.1, 0.15) is 11.6 Å². The fourth-order valence-corrected chi connectivity index (χ4v) is 3.00. The Hall–Kier alpha value is -3.74. The van der Waals surface area contributed by atoms with E-state index in [4.69, 9.17) is 0 Å². The van der Waals surface area contributed by atoms with Crippen molar-refractivity contribution in [2.24, 2.45) is 0 Å². The minimum atomic E-state index is -0.149. The Morgan fingerprint density at radius 3 is 2.69 bits per heavy atom. The zero-order chi connectivity index (χ0) is 20.1. The van der Waals surface area contributed by atoms with Crippen LogP contribution < -0.4 is 10.9 Å². The zero-order valence-corrected chi connectivity index (χ0v) is 16.2. The van der Waals surface area contributed by atoms with Crippen molar-refractivity contribution in [1.29, 1.82) is 0 Å². The number of hydrogen-bond acceptors (Lipinski definition) is 5. The molecule has 0 bridgehead atoms. The van der Waals surface area contributed by atoms with Gasteiger partial charge in [-0.2, -0.15) is 5.10 Å². The fraction of sp³-hybridized carbons (Fsp3) is 0.182. The lowest BCUT2D eigenvalue weighted by atomic mass is 10.2. The van der Waals surface area contributed by atoms with E-state index in [1.807, 2.05) is 66.3 Å². The van der Waals surface area contributed by atoms with Gasteiger partial charge in [-0.15, -0.1) is 0 Å². The molecule has 0 saturated carbocycles. The van der Waals surface area contributed by atoms with E-state index in [0.29, 0.717) is 12.2 Å². The summed E-state index contributed by atoms with van der Waals surface area (Å²) in [5.74, 6) is 1.31. The molecule has 1 aromatic carbocycles. The van der Waals surface area contributed by atoms with Crippen LogP contribution in [0.3, 0.4) is 0 Å². The topological polar surface area (TPSA) is 88.5 Å². The lowest BCUT2D eigenvalue weighted by molar-refractivity contribution is 0.829. The zero-order valence-electron chi connectivity index (χ0n) is 16.2. The number of benzene rings is 1. The molecule has 7 heteroatoms. The molecule has 0 amide bonds. The summed E-state index contributed by atoms with van der Waals surface area (Å²) >= 11 is 0.